The first-order valence-electron chi connectivity index (χ1n) is 8.85. The fraction of sp³-hybridized carbons (Fsp3) is 0.750. The highest BCUT2D eigenvalue weighted by Crippen LogP contribution is 2.25. The molecule has 25 heavy (non-hydrogen) atoms. The van der Waals surface area contributed by atoms with Crippen molar-refractivity contribution in [2.45, 2.75) is 32.4 Å². The normalized spacial score (nSPS) is 22.8. The summed E-state index contributed by atoms with van der Waals surface area (Å²) >= 11 is 0. The van der Waals surface area contributed by atoms with E-state index < -0.39 is 10.0 Å². The third-order valence-corrected chi connectivity index (χ3v) is 5.85. The number of carbonyl (C=O) groups excluding carboxylic acids is 1. The van der Waals surface area contributed by atoms with Gasteiger partial charge < -0.3 is 9.80 Å². The molecular formula is C16H27N5O3S. The van der Waals surface area contributed by atoms with Crippen molar-refractivity contribution in [3.8, 4) is 0 Å². The number of rotatable bonds is 5. The van der Waals surface area contributed by atoms with Gasteiger partial charge in [0.2, 0.25) is 15.9 Å². The molecule has 1 fully saturated rings. The molecule has 0 aliphatic carbocycles. The van der Waals surface area contributed by atoms with E-state index in [1.54, 1.807) is 6.20 Å². The maximum atomic E-state index is 13.0. The maximum Gasteiger partial charge on any atom is 0.226 e. The second-order valence-electron chi connectivity index (χ2n) is 6.97. The lowest BCUT2D eigenvalue weighted by Crippen LogP contribution is -2.48. The second-order valence-corrected chi connectivity index (χ2v) is 8.80. The summed E-state index contributed by atoms with van der Waals surface area (Å²) in [7, 11) is -3.28. The van der Waals surface area contributed by atoms with E-state index in [1.165, 1.54) is 0 Å². The van der Waals surface area contributed by atoms with Crippen LogP contribution in [-0.4, -0.2) is 72.9 Å². The molecule has 1 N–H and O–H groups in total. The number of hydrogen-bond acceptors (Lipinski definition) is 5. The van der Waals surface area contributed by atoms with Crippen LogP contribution in [0, 0.1) is 5.92 Å². The highest BCUT2D eigenvalue weighted by molar-refractivity contribution is 7.88. The Hall–Kier alpha value is -1.45. The molecular weight excluding hydrogens is 342 g/mol. The van der Waals surface area contributed by atoms with Gasteiger partial charge in [0.25, 0.3) is 0 Å². The van der Waals surface area contributed by atoms with Crippen LogP contribution in [0.15, 0.2) is 12.3 Å². The zero-order valence-corrected chi connectivity index (χ0v) is 15.7. The van der Waals surface area contributed by atoms with Crippen LogP contribution in [0.25, 0.3) is 0 Å². The van der Waals surface area contributed by atoms with E-state index in [0.29, 0.717) is 13.1 Å². The lowest BCUT2D eigenvalue weighted by atomic mass is 9.94. The lowest BCUT2D eigenvalue weighted by molar-refractivity contribution is -0.139. The molecule has 3 heterocycles. The summed E-state index contributed by atoms with van der Waals surface area (Å²) in [6.45, 7) is 6.39. The van der Waals surface area contributed by atoms with Crippen LogP contribution in [0.5, 0.6) is 0 Å². The average Bonchev–Trinajstić information content (AvgIpc) is 3.07. The number of aromatic nitrogens is 2. The monoisotopic (exact) mass is 369 g/mol. The van der Waals surface area contributed by atoms with Gasteiger partial charge in [0.15, 0.2) is 0 Å². The molecule has 1 atom stereocenters. The van der Waals surface area contributed by atoms with Gasteiger partial charge in [-0.2, -0.15) is 5.10 Å². The average molecular weight is 369 g/mol. The first-order valence-corrected chi connectivity index (χ1v) is 10.7. The predicted octanol–water partition coefficient (Wildman–Crippen LogP) is 0.0475. The van der Waals surface area contributed by atoms with Gasteiger partial charge in [0, 0.05) is 25.2 Å². The van der Waals surface area contributed by atoms with Crippen molar-refractivity contribution in [3.63, 3.8) is 0 Å². The number of nitrogens with one attached hydrogen (secondary N) is 1. The van der Waals surface area contributed by atoms with Crippen LogP contribution < -0.4 is 4.72 Å². The minimum Gasteiger partial charge on any atom is -0.334 e. The van der Waals surface area contributed by atoms with Crippen LogP contribution in [0.3, 0.4) is 0 Å². The lowest BCUT2D eigenvalue weighted by Gasteiger charge is -2.38. The molecule has 0 unspecified atom stereocenters. The molecule has 1 amide bonds. The Morgan fingerprint density at radius 1 is 1.36 bits per heavy atom. The number of fused-ring (bicyclic) bond motifs is 1. The molecule has 1 aromatic heterocycles. The standard InChI is InChI=1S/C16H27N5O3S/c1-3-19-8-5-13(6-9-19)16(22)20-11-14-4-7-17-21(14)15(12-20)10-18-25(2,23)24/h4,7,13,15,18H,3,5-6,8-12H2,1-2H3/t15-/m1/s1. The number of nitrogens with zero attached hydrogens (tertiary/aromatic N) is 4. The number of piperidine rings is 1. The molecule has 9 heteroatoms. The zero-order valence-electron chi connectivity index (χ0n) is 14.9. The molecule has 0 saturated carbocycles. The number of likely N-dealkylation sites (tertiary alicyclic amines) is 1. The Labute approximate surface area is 149 Å². The molecule has 0 bridgehead atoms. The van der Waals surface area contributed by atoms with Crippen molar-refractivity contribution in [2.75, 3.05) is 39.0 Å². The molecule has 8 nitrogen and oxygen atoms in total. The Morgan fingerprint density at radius 2 is 2.08 bits per heavy atom. The van der Waals surface area contributed by atoms with E-state index in [9.17, 15) is 13.2 Å². The van der Waals surface area contributed by atoms with Gasteiger partial charge in [-0.15, -0.1) is 0 Å². The van der Waals surface area contributed by atoms with E-state index >= 15 is 0 Å². The molecule has 2 aliphatic heterocycles. The fourth-order valence-corrected chi connectivity index (χ4v) is 4.20. The molecule has 1 saturated heterocycles. The number of carbonyl (C=O) groups is 1. The van der Waals surface area contributed by atoms with Crippen molar-refractivity contribution >= 4 is 15.9 Å². The predicted molar refractivity (Wildman–Crippen MR) is 94.4 cm³/mol. The maximum absolute atomic E-state index is 13.0. The Morgan fingerprint density at radius 3 is 2.72 bits per heavy atom. The van der Waals surface area contributed by atoms with Crippen LogP contribution in [0.2, 0.25) is 0 Å². The van der Waals surface area contributed by atoms with Crippen molar-refractivity contribution in [2.24, 2.45) is 5.92 Å². The largest absolute Gasteiger partial charge is 0.334 e. The molecule has 0 radical (unpaired) electrons. The van der Waals surface area contributed by atoms with Crippen LogP contribution in [0.1, 0.15) is 31.5 Å². The third kappa shape index (κ3) is 4.39. The number of amides is 1. The van der Waals surface area contributed by atoms with Gasteiger partial charge in [0.1, 0.15) is 0 Å². The van der Waals surface area contributed by atoms with Crippen LogP contribution in [-0.2, 0) is 21.4 Å². The summed E-state index contributed by atoms with van der Waals surface area (Å²) in [6.07, 6.45) is 4.64. The Balaban J connectivity index is 1.68. The third-order valence-electron chi connectivity index (χ3n) is 5.16. The first-order chi connectivity index (χ1) is 11.9. The van der Waals surface area contributed by atoms with E-state index in [4.69, 9.17) is 0 Å². The van der Waals surface area contributed by atoms with Crippen molar-refractivity contribution in [1.82, 2.24) is 24.3 Å². The topological polar surface area (TPSA) is 87.5 Å². The Kier molecular flexibility index (Phi) is 5.45. The molecule has 2 aliphatic rings. The van der Waals surface area contributed by atoms with Crippen molar-refractivity contribution in [1.29, 1.82) is 0 Å². The van der Waals surface area contributed by atoms with Gasteiger partial charge in [-0.25, -0.2) is 13.1 Å². The van der Waals surface area contributed by atoms with Gasteiger partial charge in [-0.3, -0.25) is 9.48 Å². The summed E-state index contributed by atoms with van der Waals surface area (Å²) in [5, 5.41) is 4.30. The van der Waals surface area contributed by atoms with E-state index in [0.717, 1.165) is 44.4 Å². The van der Waals surface area contributed by atoms with Crippen LogP contribution in [0.4, 0.5) is 0 Å². The highest BCUT2D eigenvalue weighted by Gasteiger charge is 2.33. The number of sulfonamides is 1. The minimum absolute atomic E-state index is 0.0702. The van der Waals surface area contributed by atoms with E-state index in [2.05, 4.69) is 21.6 Å². The minimum atomic E-state index is -3.28. The SMILES string of the molecule is CCN1CCC(C(=O)N2Cc3ccnn3[C@H](CNS(C)(=O)=O)C2)CC1. The van der Waals surface area contributed by atoms with Gasteiger partial charge in [-0.1, -0.05) is 6.92 Å². The molecule has 3 rings (SSSR count). The van der Waals surface area contributed by atoms with Crippen molar-refractivity contribution in [3.05, 3.63) is 18.0 Å². The summed E-state index contributed by atoms with van der Waals surface area (Å²) in [6, 6.07) is 1.72. The smallest absolute Gasteiger partial charge is 0.226 e. The molecule has 0 aromatic carbocycles. The second kappa shape index (κ2) is 7.43. The summed E-state index contributed by atoms with van der Waals surface area (Å²) in [5.74, 6) is 0.258. The van der Waals surface area contributed by atoms with Gasteiger partial charge in [-0.05, 0) is 38.5 Å². The van der Waals surface area contributed by atoms with Crippen molar-refractivity contribution < 1.29 is 13.2 Å². The van der Waals surface area contributed by atoms with Gasteiger partial charge in [0.05, 0.1) is 24.5 Å². The molecule has 1 aromatic rings. The fourth-order valence-electron chi connectivity index (χ4n) is 3.71. The van der Waals surface area contributed by atoms with Gasteiger partial charge >= 0.3 is 0 Å². The summed E-state index contributed by atoms with van der Waals surface area (Å²) < 4.78 is 27.2. The highest BCUT2D eigenvalue weighted by atomic mass is 32.2. The van der Waals surface area contributed by atoms with Crippen LogP contribution >= 0.6 is 0 Å². The summed E-state index contributed by atoms with van der Waals surface area (Å²) in [4.78, 5) is 17.2. The van der Waals surface area contributed by atoms with E-state index in [-0.39, 0.29) is 24.4 Å². The Bertz CT molecular complexity index is 709. The van der Waals surface area contributed by atoms with E-state index in [1.807, 2.05) is 15.6 Å². The molecule has 140 valence electrons. The number of hydrogen-bond donors (Lipinski definition) is 1. The quantitative estimate of drug-likeness (QED) is 0.792. The zero-order chi connectivity index (χ0) is 18.0. The summed E-state index contributed by atoms with van der Waals surface area (Å²) in [5.41, 5.74) is 0.950. The molecule has 0 spiro atoms. The first kappa shape index (κ1) is 18.3.